The van der Waals surface area contributed by atoms with E-state index in [1.807, 2.05) is 0 Å². The first-order valence-corrected chi connectivity index (χ1v) is 6.93. The predicted octanol–water partition coefficient (Wildman–Crippen LogP) is 1.52. The Balaban J connectivity index is 2.53. The molecular formula is C14H29NO3. The molecule has 0 aromatic heterocycles. The Kier molecular flexibility index (Phi) is 6.57. The molecule has 4 nitrogen and oxygen atoms in total. The summed E-state index contributed by atoms with van der Waals surface area (Å²) in [6.45, 7) is 7.65. The molecule has 1 aliphatic rings. The predicted molar refractivity (Wildman–Crippen MR) is 72.8 cm³/mol. The van der Waals surface area contributed by atoms with Crippen molar-refractivity contribution in [1.82, 2.24) is 4.90 Å². The average molecular weight is 259 g/mol. The van der Waals surface area contributed by atoms with Crippen molar-refractivity contribution in [2.45, 2.75) is 45.3 Å². The highest BCUT2D eigenvalue weighted by Gasteiger charge is 2.43. The molecule has 108 valence electrons. The zero-order chi connectivity index (χ0) is 13.6. The molecule has 1 aliphatic carbocycles. The Bertz CT molecular complexity index is 233. The van der Waals surface area contributed by atoms with Crippen molar-refractivity contribution < 1.29 is 14.6 Å². The molecule has 0 radical (unpaired) electrons. The van der Waals surface area contributed by atoms with Crippen molar-refractivity contribution in [3.8, 4) is 0 Å². The van der Waals surface area contributed by atoms with Gasteiger partial charge in [0.25, 0.3) is 0 Å². The van der Waals surface area contributed by atoms with Gasteiger partial charge in [-0.1, -0.05) is 13.8 Å². The fourth-order valence-corrected chi connectivity index (χ4v) is 2.79. The first kappa shape index (κ1) is 15.9. The zero-order valence-corrected chi connectivity index (χ0v) is 12.3. The van der Waals surface area contributed by atoms with Crippen LogP contribution < -0.4 is 0 Å². The topological polar surface area (TPSA) is 41.9 Å². The van der Waals surface area contributed by atoms with Crippen LogP contribution in [0.2, 0.25) is 0 Å². The summed E-state index contributed by atoms with van der Waals surface area (Å²) in [4.78, 5) is 2.36. The van der Waals surface area contributed by atoms with Gasteiger partial charge in [-0.15, -0.1) is 0 Å². The Hall–Kier alpha value is -0.160. The van der Waals surface area contributed by atoms with Crippen molar-refractivity contribution in [2.24, 2.45) is 5.41 Å². The molecule has 2 atom stereocenters. The second-order valence-corrected chi connectivity index (χ2v) is 5.91. The number of methoxy groups -OCH3 is 2. The van der Waals surface area contributed by atoms with Gasteiger partial charge >= 0.3 is 0 Å². The molecule has 0 aliphatic heterocycles. The quantitative estimate of drug-likeness (QED) is 0.671. The third-order valence-electron chi connectivity index (χ3n) is 4.10. The van der Waals surface area contributed by atoms with Gasteiger partial charge in [0.05, 0.1) is 12.7 Å². The molecule has 0 bridgehead atoms. The number of aliphatic hydroxyl groups excluding tert-OH is 1. The minimum Gasteiger partial charge on any atom is -0.391 e. The Labute approximate surface area is 111 Å². The molecule has 18 heavy (non-hydrogen) atoms. The molecule has 0 heterocycles. The van der Waals surface area contributed by atoms with Crippen LogP contribution in [0, 0.1) is 5.41 Å². The van der Waals surface area contributed by atoms with E-state index in [1.165, 1.54) is 0 Å². The van der Waals surface area contributed by atoms with E-state index in [2.05, 4.69) is 18.7 Å². The van der Waals surface area contributed by atoms with Crippen molar-refractivity contribution in [3.63, 3.8) is 0 Å². The molecule has 1 saturated carbocycles. The fraction of sp³-hybridized carbons (Fsp3) is 1.00. The summed E-state index contributed by atoms with van der Waals surface area (Å²) < 4.78 is 10.3. The van der Waals surface area contributed by atoms with Crippen molar-refractivity contribution >= 4 is 0 Å². The lowest BCUT2D eigenvalue weighted by Gasteiger charge is -2.34. The molecule has 1 N–H and O–H groups in total. The van der Waals surface area contributed by atoms with Crippen molar-refractivity contribution in [1.29, 1.82) is 0 Å². The van der Waals surface area contributed by atoms with Gasteiger partial charge in [-0.25, -0.2) is 0 Å². The Morgan fingerprint density at radius 2 is 1.83 bits per heavy atom. The van der Waals surface area contributed by atoms with E-state index in [1.54, 1.807) is 14.2 Å². The maximum Gasteiger partial charge on any atom is 0.0746 e. The lowest BCUT2D eigenvalue weighted by Crippen LogP contribution is -2.46. The van der Waals surface area contributed by atoms with Gasteiger partial charge in [-0.05, 0) is 24.7 Å². The third kappa shape index (κ3) is 4.19. The maximum atomic E-state index is 10.4. The van der Waals surface area contributed by atoms with Crippen LogP contribution in [-0.2, 0) is 9.47 Å². The smallest absolute Gasteiger partial charge is 0.0746 e. The van der Waals surface area contributed by atoms with Crippen molar-refractivity contribution in [3.05, 3.63) is 0 Å². The van der Waals surface area contributed by atoms with Crippen molar-refractivity contribution in [2.75, 3.05) is 40.5 Å². The highest BCUT2D eigenvalue weighted by Crippen LogP contribution is 2.39. The van der Waals surface area contributed by atoms with Gasteiger partial charge in [0.15, 0.2) is 0 Å². The first-order valence-electron chi connectivity index (χ1n) is 6.93. The maximum absolute atomic E-state index is 10.4. The van der Waals surface area contributed by atoms with Crippen LogP contribution in [0.5, 0.6) is 0 Å². The lowest BCUT2D eigenvalue weighted by atomic mass is 9.88. The normalized spacial score (nSPS) is 27.0. The van der Waals surface area contributed by atoms with Crippen LogP contribution in [0.15, 0.2) is 0 Å². The summed E-state index contributed by atoms with van der Waals surface area (Å²) >= 11 is 0. The van der Waals surface area contributed by atoms with E-state index >= 15 is 0 Å². The van der Waals surface area contributed by atoms with Gasteiger partial charge < -0.3 is 14.6 Å². The summed E-state index contributed by atoms with van der Waals surface area (Å²) in [6.07, 6.45) is 2.93. The van der Waals surface area contributed by atoms with Crippen LogP contribution >= 0.6 is 0 Å². The summed E-state index contributed by atoms with van der Waals surface area (Å²) in [5.74, 6) is 0. The first-order chi connectivity index (χ1) is 8.53. The van der Waals surface area contributed by atoms with Gasteiger partial charge in [0, 0.05) is 40.0 Å². The van der Waals surface area contributed by atoms with Crippen LogP contribution in [0.25, 0.3) is 0 Å². The highest BCUT2D eigenvalue weighted by molar-refractivity contribution is 4.96. The lowest BCUT2D eigenvalue weighted by molar-refractivity contribution is 0.00417. The molecule has 0 aromatic rings. The van der Waals surface area contributed by atoms with E-state index < -0.39 is 0 Å². The molecule has 0 amide bonds. The number of nitrogens with zero attached hydrogens (tertiary/aromatic N) is 1. The second kappa shape index (κ2) is 7.43. The minimum absolute atomic E-state index is 0.0389. The van der Waals surface area contributed by atoms with E-state index in [9.17, 15) is 5.11 Å². The Morgan fingerprint density at radius 3 is 2.33 bits per heavy atom. The SMILES string of the molecule is COCCCN(CCOC)C1CCC(C)(C)C1O. The van der Waals surface area contributed by atoms with E-state index in [0.29, 0.717) is 0 Å². The van der Waals surface area contributed by atoms with Crippen LogP contribution in [0.1, 0.15) is 33.1 Å². The largest absolute Gasteiger partial charge is 0.391 e. The van der Waals surface area contributed by atoms with E-state index in [-0.39, 0.29) is 17.6 Å². The molecular weight excluding hydrogens is 230 g/mol. The van der Waals surface area contributed by atoms with Gasteiger partial charge in [-0.2, -0.15) is 0 Å². The number of hydrogen-bond donors (Lipinski definition) is 1. The molecule has 2 unspecified atom stereocenters. The third-order valence-corrected chi connectivity index (χ3v) is 4.10. The molecule has 1 fully saturated rings. The van der Waals surface area contributed by atoms with Crippen LogP contribution in [-0.4, -0.2) is 62.7 Å². The number of hydrogen-bond acceptors (Lipinski definition) is 4. The highest BCUT2D eigenvalue weighted by atomic mass is 16.5. The van der Waals surface area contributed by atoms with E-state index in [0.717, 1.165) is 45.6 Å². The van der Waals surface area contributed by atoms with Gasteiger partial charge in [-0.3, -0.25) is 4.90 Å². The molecule has 0 saturated heterocycles. The average Bonchev–Trinajstić information content (AvgIpc) is 2.60. The molecule has 0 spiro atoms. The number of ether oxygens (including phenoxy) is 2. The zero-order valence-electron chi connectivity index (χ0n) is 12.3. The summed E-state index contributed by atoms with van der Waals surface area (Å²) in [5, 5.41) is 10.4. The summed E-state index contributed by atoms with van der Waals surface area (Å²) in [6, 6.07) is 0.270. The van der Waals surface area contributed by atoms with Crippen LogP contribution in [0.4, 0.5) is 0 Å². The monoisotopic (exact) mass is 259 g/mol. The van der Waals surface area contributed by atoms with E-state index in [4.69, 9.17) is 9.47 Å². The summed E-state index contributed by atoms with van der Waals surface area (Å²) in [7, 11) is 3.45. The van der Waals surface area contributed by atoms with Gasteiger partial charge in [0.2, 0.25) is 0 Å². The summed E-state index contributed by atoms with van der Waals surface area (Å²) in [5.41, 5.74) is 0.0389. The number of rotatable bonds is 8. The minimum atomic E-state index is -0.239. The Morgan fingerprint density at radius 1 is 1.17 bits per heavy atom. The fourth-order valence-electron chi connectivity index (χ4n) is 2.79. The molecule has 4 heteroatoms. The molecule has 1 rings (SSSR count). The van der Waals surface area contributed by atoms with Gasteiger partial charge in [0.1, 0.15) is 0 Å². The van der Waals surface area contributed by atoms with Crippen LogP contribution in [0.3, 0.4) is 0 Å². The second-order valence-electron chi connectivity index (χ2n) is 5.91. The standard InChI is InChI=1S/C14H29NO3/c1-14(2)7-6-12(13(14)16)15(9-11-18-4)8-5-10-17-3/h12-13,16H,5-11H2,1-4H3. The molecule has 0 aromatic carbocycles. The number of aliphatic hydroxyl groups is 1.